The molecule has 2 aromatic rings. The molecule has 0 fully saturated rings. The van der Waals surface area contributed by atoms with E-state index in [4.69, 9.17) is 18.6 Å². The van der Waals surface area contributed by atoms with Crippen molar-refractivity contribution < 1.29 is 28.2 Å². The van der Waals surface area contributed by atoms with E-state index in [1.165, 1.54) is 14.0 Å². The van der Waals surface area contributed by atoms with Crippen LogP contribution in [0, 0.1) is 6.92 Å². The topological polar surface area (TPSA) is 87.0 Å². The fraction of sp³-hybridized carbons (Fsp3) is 0.444. The highest BCUT2D eigenvalue weighted by atomic mass is 16.6. The zero-order chi connectivity index (χ0) is 18.4. The molecular weight excluding hydrogens is 326 g/mol. The number of nitrogens with one attached hydrogen (secondary N) is 1. The van der Waals surface area contributed by atoms with E-state index in [9.17, 15) is 9.59 Å². The molecule has 0 saturated heterocycles. The molecule has 0 bridgehead atoms. The van der Waals surface area contributed by atoms with Crippen LogP contribution in [0.15, 0.2) is 22.6 Å². The summed E-state index contributed by atoms with van der Waals surface area (Å²) in [5.74, 6) is -0.288. The summed E-state index contributed by atoms with van der Waals surface area (Å²) in [6, 6.07) is 5.33. The van der Waals surface area contributed by atoms with Gasteiger partial charge in [0.2, 0.25) is 5.76 Å². The summed E-state index contributed by atoms with van der Waals surface area (Å²) in [6.45, 7) is 6.45. The molecule has 7 heteroatoms. The zero-order valence-electron chi connectivity index (χ0n) is 14.9. The van der Waals surface area contributed by atoms with Gasteiger partial charge in [0, 0.05) is 24.6 Å². The van der Waals surface area contributed by atoms with E-state index in [0.717, 1.165) is 5.39 Å². The summed E-state index contributed by atoms with van der Waals surface area (Å²) >= 11 is 0. The van der Waals surface area contributed by atoms with E-state index in [1.54, 1.807) is 19.1 Å². The second kappa shape index (κ2) is 8.53. The number of methoxy groups -OCH3 is 1. The van der Waals surface area contributed by atoms with Crippen LogP contribution >= 0.6 is 0 Å². The molecule has 0 aliphatic carbocycles. The van der Waals surface area contributed by atoms with Gasteiger partial charge in [-0.3, -0.25) is 4.79 Å². The van der Waals surface area contributed by atoms with Gasteiger partial charge in [0.15, 0.2) is 6.10 Å². The average Bonchev–Trinajstić information content (AvgIpc) is 2.92. The summed E-state index contributed by atoms with van der Waals surface area (Å²) in [7, 11) is 1.54. The van der Waals surface area contributed by atoms with Crippen molar-refractivity contribution in [2.75, 3.05) is 26.9 Å². The highest BCUT2D eigenvalue weighted by Gasteiger charge is 2.24. The molecule has 25 heavy (non-hydrogen) atoms. The lowest BCUT2D eigenvalue weighted by molar-refractivity contribution is -0.129. The lowest BCUT2D eigenvalue weighted by Gasteiger charge is -2.12. The molecule has 1 aromatic heterocycles. The third-order valence-electron chi connectivity index (χ3n) is 3.66. The van der Waals surface area contributed by atoms with Gasteiger partial charge in [0.05, 0.1) is 13.2 Å². The number of benzene rings is 1. The number of hydrogen-bond donors (Lipinski definition) is 1. The molecule has 136 valence electrons. The number of amides is 1. The summed E-state index contributed by atoms with van der Waals surface area (Å²) in [4.78, 5) is 24.2. The molecule has 0 spiro atoms. The largest absolute Gasteiger partial charge is 0.494 e. The smallest absolute Gasteiger partial charge is 0.375 e. The van der Waals surface area contributed by atoms with Crippen molar-refractivity contribution in [3.8, 4) is 5.75 Å². The summed E-state index contributed by atoms with van der Waals surface area (Å²) < 4.78 is 21.1. The maximum Gasteiger partial charge on any atom is 0.375 e. The molecule has 0 unspecified atom stereocenters. The van der Waals surface area contributed by atoms with Gasteiger partial charge in [0.25, 0.3) is 5.91 Å². The van der Waals surface area contributed by atoms with Gasteiger partial charge >= 0.3 is 5.97 Å². The Morgan fingerprint density at radius 1 is 1.32 bits per heavy atom. The van der Waals surface area contributed by atoms with Crippen LogP contribution in [0.25, 0.3) is 11.0 Å². The first-order valence-corrected chi connectivity index (χ1v) is 8.11. The number of hydrogen-bond acceptors (Lipinski definition) is 6. The van der Waals surface area contributed by atoms with Crippen molar-refractivity contribution in [1.29, 1.82) is 0 Å². The van der Waals surface area contributed by atoms with Crippen LogP contribution < -0.4 is 10.1 Å². The van der Waals surface area contributed by atoms with E-state index in [0.29, 0.717) is 36.7 Å². The lowest BCUT2D eigenvalue weighted by Crippen LogP contribution is -2.37. The van der Waals surface area contributed by atoms with Gasteiger partial charge < -0.3 is 23.9 Å². The predicted octanol–water partition coefficient (Wildman–Crippen LogP) is 2.45. The standard InChI is InChI=1S/C18H23NO6/c1-5-23-13-6-7-15-14(10-13)11(2)16(25-15)18(21)24-12(3)17(20)19-8-9-22-4/h6-7,10,12H,5,8-9H2,1-4H3,(H,19,20)/t12-/m1/s1. The minimum atomic E-state index is -0.934. The van der Waals surface area contributed by atoms with Gasteiger partial charge in [0.1, 0.15) is 11.3 Å². The van der Waals surface area contributed by atoms with Crippen LogP contribution in [0.4, 0.5) is 0 Å². The molecule has 1 aromatic carbocycles. The molecule has 7 nitrogen and oxygen atoms in total. The van der Waals surface area contributed by atoms with Crippen molar-refractivity contribution >= 4 is 22.8 Å². The Balaban J connectivity index is 2.11. The third kappa shape index (κ3) is 4.51. The molecule has 1 heterocycles. The van der Waals surface area contributed by atoms with Crippen LogP contribution in [-0.4, -0.2) is 44.8 Å². The summed E-state index contributed by atoms with van der Waals surface area (Å²) in [5.41, 5.74) is 1.21. The maximum absolute atomic E-state index is 12.3. The van der Waals surface area contributed by atoms with Crippen molar-refractivity contribution in [2.45, 2.75) is 26.9 Å². The molecule has 0 radical (unpaired) electrons. The van der Waals surface area contributed by atoms with Crippen LogP contribution in [-0.2, 0) is 14.3 Å². The minimum Gasteiger partial charge on any atom is -0.494 e. The monoisotopic (exact) mass is 349 g/mol. The van der Waals surface area contributed by atoms with Crippen molar-refractivity contribution in [3.05, 3.63) is 29.5 Å². The highest BCUT2D eigenvalue weighted by Crippen LogP contribution is 2.29. The second-order valence-electron chi connectivity index (χ2n) is 5.48. The Morgan fingerprint density at radius 3 is 2.76 bits per heavy atom. The van der Waals surface area contributed by atoms with E-state index in [2.05, 4.69) is 5.32 Å². The Hall–Kier alpha value is -2.54. The molecule has 0 saturated carbocycles. The molecule has 2 rings (SSSR count). The van der Waals surface area contributed by atoms with E-state index in [-0.39, 0.29) is 5.76 Å². The van der Waals surface area contributed by atoms with Crippen LogP contribution in [0.5, 0.6) is 5.75 Å². The fourth-order valence-electron chi connectivity index (χ4n) is 2.34. The molecule has 1 amide bonds. The second-order valence-corrected chi connectivity index (χ2v) is 5.48. The molecule has 1 atom stereocenters. The zero-order valence-corrected chi connectivity index (χ0v) is 14.9. The number of esters is 1. The lowest BCUT2D eigenvalue weighted by atomic mass is 10.1. The van der Waals surface area contributed by atoms with Crippen molar-refractivity contribution in [1.82, 2.24) is 5.32 Å². The predicted molar refractivity (Wildman–Crippen MR) is 91.9 cm³/mol. The molecule has 0 aliphatic rings. The SMILES string of the molecule is CCOc1ccc2oc(C(=O)O[C@H](C)C(=O)NCCOC)c(C)c2c1. The van der Waals surface area contributed by atoms with Crippen molar-refractivity contribution in [3.63, 3.8) is 0 Å². The maximum atomic E-state index is 12.3. The summed E-state index contributed by atoms with van der Waals surface area (Å²) in [5, 5.41) is 3.39. The number of aryl methyl sites for hydroxylation is 1. The number of fused-ring (bicyclic) bond motifs is 1. The Bertz CT molecular complexity index is 751. The van der Waals surface area contributed by atoms with Gasteiger partial charge in [-0.05, 0) is 39.0 Å². The number of carbonyl (C=O) groups is 2. The molecular formula is C18H23NO6. The quantitative estimate of drug-likeness (QED) is 0.582. The normalized spacial score (nSPS) is 12.0. The molecule has 0 aliphatic heterocycles. The summed E-state index contributed by atoms with van der Waals surface area (Å²) in [6.07, 6.45) is -0.934. The van der Waals surface area contributed by atoms with Crippen LogP contribution in [0.2, 0.25) is 0 Å². The number of carbonyl (C=O) groups excluding carboxylic acids is 2. The van der Waals surface area contributed by atoms with Gasteiger partial charge in [-0.1, -0.05) is 0 Å². The first kappa shape index (κ1) is 18.8. The van der Waals surface area contributed by atoms with Gasteiger partial charge in [-0.25, -0.2) is 4.79 Å². The van der Waals surface area contributed by atoms with Crippen LogP contribution in [0.1, 0.15) is 30.0 Å². The average molecular weight is 349 g/mol. The van der Waals surface area contributed by atoms with Gasteiger partial charge in [-0.15, -0.1) is 0 Å². The number of rotatable bonds is 8. The molecule has 1 N–H and O–H groups in total. The number of ether oxygens (including phenoxy) is 3. The Kier molecular flexibility index (Phi) is 6.41. The van der Waals surface area contributed by atoms with Gasteiger partial charge in [-0.2, -0.15) is 0 Å². The first-order valence-electron chi connectivity index (χ1n) is 8.11. The Labute approximate surface area is 146 Å². The third-order valence-corrected chi connectivity index (χ3v) is 3.66. The highest BCUT2D eigenvalue weighted by molar-refractivity contribution is 5.97. The van der Waals surface area contributed by atoms with E-state index < -0.39 is 18.0 Å². The van der Waals surface area contributed by atoms with E-state index in [1.807, 2.05) is 13.0 Å². The fourth-order valence-corrected chi connectivity index (χ4v) is 2.34. The van der Waals surface area contributed by atoms with E-state index >= 15 is 0 Å². The van der Waals surface area contributed by atoms with Crippen LogP contribution in [0.3, 0.4) is 0 Å². The van der Waals surface area contributed by atoms with Crippen molar-refractivity contribution in [2.24, 2.45) is 0 Å². The Morgan fingerprint density at radius 2 is 2.08 bits per heavy atom. The minimum absolute atomic E-state index is 0.0835. The number of furan rings is 1. The first-order chi connectivity index (χ1) is 12.0.